The van der Waals surface area contributed by atoms with Crippen LogP contribution in [0.25, 0.3) is 0 Å². The summed E-state index contributed by atoms with van der Waals surface area (Å²) in [5, 5.41) is 9.29. The zero-order valence-corrected chi connectivity index (χ0v) is 9.58. The highest BCUT2D eigenvalue weighted by Gasteiger charge is 2.12. The third kappa shape index (κ3) is 3.39. The minimum Gasteiger partial charge on any atom is -0.349 e. The lowest BCUT2D eigenvalue weighted by molar-refractivity contribution is 0.0943. The third-order valence-corrected chi connectivity index (χ3v) is 2.04. The number of amides is 1. The van der Waals surface area contributed by atoms with Crippen molar-refractivity contribution in [1.82, 2.24) is 20.5 Å². The van der Waals surface area contributed by atoms with E-state index in [-0.39, 0.29) is 17.6 Å². The number of carbonyl (C=O) groups excluding carboxylic acids is 1. The molecule has 1 rings (SSSR count). The SMILES string of the molecule is C#CCCCNC(=O)c1n[nH]c(C(C)C)n1. The van der Waals surface area contributed by atoms with Crippen LogP contribution in [0.15, 0.2) is 0 Å². The average Bonchev–Trinajstić information content (AvgIpc) is 2.73. The molecule has 0 bridgehead atoms. The Morgan fingerprint density at radius 3 is 2.94 bits per heavy atom. The lowest BCUT2D eigenvalue weighted by Crippen LogP contribution is -2.25. The van der Waals surface area contributed by atoms with Crippen LogP contribution in [-0.4, -0.2) is 27.6 Å². The van der Waals surface area contributed by atoms with E-state index in [9.17, 15) is 4.79 Å². The molecular weight excluding hydrogens is 204 g/mol. The van der Waals surface area contributed by atoms with Gasteiger partial charge in [0.15, 0.2) is 0 Å². The molecule has 5 heteroatoms. The minimum absolute atomic E-state index is 0.185. The van der Waals surface area contributed by atoms with Crippen LogP contribution in [-0.2, 0) is 0 Å². The van der Waals surface area contributed by atoms with Gasteiger partial charge in [-0.05, 0) is 6.42 Å². The number of H-pyrrole nitrogens is 1. The van der Waals surface area contributed by atoms with Gasteiger partial charge in [0.05, 0.1) is 0 Å². The first-order valence-electron chi connectivity index (χ1n) is 5.29. The summed E-state index contributed by atoms with van der Waals surface area (Å²) in [4.78, 5) is 15.6. The van der Waals surface area contributed by atoms with Gasteiger partial charge in [0.2, 0.25) is 5.82 Å². The van der Waals surface area contributed by atoms with Crippen LogP contribution >= 0.6 is 0 Å². The highest BCUT2D eigenvalue weighted by molar-refractivity contribution is 5.90. The van der Waals surface area contributed by atoms with Crippen molar-refractivity contribution in [2.24, 2.45) is 0 Å². The fourth-order valence-corrected chi connectivity index (χ4v) is 1.11. The molecule has 0 aliphatic rings. The molecule has 0 spiro atoms. The van der Waals surface area contributed by atoms with Crippen molar-refractivity contribution in [2.45, 2.75) is 32.6 Å². The number of terminal acetylenes is 1. The van der Waals surface area contributed by atoms with Crippen molar-refractivity contribution in [3.05, 3.63) is 11.6 Å². The molecular formula is C11H16N4O. The van der Waals surface area contributed by atoms with Gasteiger partial charge in [-0.3, -0.25) is 9.89 Å². The van der Waals surface area contributed by atoms with Crippen LogP contribution in [0, 0.1) is 12.3 Å². The number of aromatic amines is 1. The summed E-state index contributed by atoms with van der Waals surface area (Å²) >= 11 is 0. The molecule has 1 heterocycles. The van der Waals surface area contributed by atoms with Crippen molar-refractivity contribution in [3.8, 4) is 12.3 Å². The number of unbranched alkanes of at least 4 members (excludes halogenated alkanes) is 1. The van der Waals surface area contributed by atoms with E-state index in [0.29, 0.717) is 18.8 Å². The van der Waals surface area contributed by atoms with Gasteiger partial charge in [-0.2, -0.15) is 0 Å². The zero-order valence-electron chi connectivity index (χ0n) is 9.58. The smallest absolute Gasteiger partial charge is 0.290 e. The number of nitrogens with zero attached hydrogens (tertiary/aromatic N) is 2. The number of nitrogens with one attached hydrogen (secondary N) is 2. The Morgan fingerprint density at radius 1 is 1.62 bits per heavy atom. The van der Waals surface area contributed by atoms with Crippen LogP contribution in [0.4, 0.5) is 0 Å². The molecule has 0 radical (unpaired) electrons. The Morgan fingerprint density at radius 2 is 2.38 bits per heavy atom. The van der Waals surface area contributed by atoms with E-state index < -0.39 is 0 Å². The van der Waals surface area contributed by atoms with Gasteiger partial charge in [0.1, 0.15) is 5.82 Å². The molecule has 0 aliphatic carbocycles. The second-order valence-electron chi connectivity index (χ2n) is 3.76. The molecule has 1 aromatic rings. The molecule has 0 fully saturated rings. The van der Waals surface area contributed by atoms with Gasteiger partial charge in [0.25, 0.3) is 5.91 Å². The van der Waals surface area contributed by atoms with Crippen molar-refractivity contribution in [3.63, 3.8) is 0 Å². The maximum absolute atomic E-state index is 11.5. The Labute approximate surface area is 95.0 Å². The Balaban J connectivity index is 2.44. The highest BCUT2D eigenvalue weighted by Crippen LogP contribution is 2.07. The molecule has 0 aliphatic heterocycles. The molecule has 2 N–H and O–H groups in total. The maximum atomic E-state index is 11.5. The summed E-state index contributed by atoms with van der Waals surface area (Å²) in [7, 11) is 0. The standard InChI is InChI=1S/C11H16N4O/c1-4-5-6-7-12-11(16)10-13-9(8(2)3)14-15-10/h1,8H,5-7H2,2-3H3,(H,12,16)(H,13,14,15). The summed E-state index contributed by atoms with van der Waals surface area (Å²) < 4.78 is 0. The summed E-state index contributed by atoms with van der Waals surface area (Å²) in [6, 6.07) is 0. The fourth-order valence-electron chi connectivity index (χ4n) is 1.11. The first-order chi connectivity index (χ1) is 7.65. The molecule has 0 saturated heterocycles. The van der Waals surface area contributed by atoms with Crippen LogP contribution in [0.1, 0.15) is 49.1 Å². The summed E-state index contributed by atoms with van der Waals surface area (Å²) in [6.07, 6.45) is 6.53. The summed E-state index contributed by atoms with van der Waals surface area (Å²) in [5.74, 6) is 3.38. The Kier molecular flexibility index (Phi) is 4.52. The summed E-state index contributed by atoms with van der Waals surface area (Å²) in [6.45, 7) is 4.51. The number of rotatable bonds is 5. The second-order valence-corrected chi connectivity index (χ2v) is 3.76. The first-order valence-corrected chi connectivity index (χ1v) is 5.29. The van der Waals surface area contributed by atoms with E-state index in [1.807, 2.05) is 13.8 Å². The van der Waals surface area contributed by atoms with E-state index in [1.165, 1.54) is 0 Å². The predicted octanol–water partition coefficient (Wildman–Crippen LogP) is 1.07. The van der Waals surface area contributed by atoms with E-state index in [2.05, 4.69) is 26.4 Å². The molecule has 0 aromatic carbocycles. The van der Waals surface area contributed by atoms with Crippen molar-refractivity contribution in [1.29, 1.82) is 0 Å². The molecule has 1 aromatic heterocycles. The number of carbonyl (C=O) groups is 1. The normalized spacial score (nSPS) is 10.1. The first kappa shape index (κ1) is 12.2. The van der Waals surface area contributed by atoms with Gasteiger partial charge in [-0.15, -0.1) is 17.4 Å². The molecule has 16 heavy (non-hydrogen) atoms. The molecule has 0 atom stereocenters. The Bertz CT molecular complexity index is 389. The van der Waals surface area contributed by atoms with E-state index in [1.54, 1.807) is 0 Å². The quantitative estimate of drug-likeness (QED) is 0.576. The minimum atomic E-state index is -0.264. The average molecular weight is 220 g/mol. The zero-order chi connectivity index (χ0) is 12.0. The van der Waals surface area contributed by atoms with Gasteiger partial charge >= 0.3 is 0 Å². The van der Waals surface area contributed by atoms with Crippen LogP contribution in [0.5, 0.6) is 0 Å². The number of aromatic nitrogens is 3. The van der Waals surface area contributed by atoms with Gasteiger partial charge in [-0.25, -0.2) is 4.98 Å². The van der Waals surface area contributed by atoms with Gasteiger partial charge < -0.3 is 5.32 Å². The van der Waals surface area contributed by atoms with Crippen molar-refractivity contribution in [2.75, 3.05) is 6.54 Å². The fraction of sp³-hybridized carbons (Fsp3) is 0.545. The lowest BCUT2D eigenvalue weighted by atomic mass is 10.2. The molecule has 0 saturated carbocycles. The van der Waals surface area contributed by atoms with E-state index in [4.69, 9.17) is 6.42 Å². The highest BCUT2D eigenvalue weighted by atomic mass is 16.2. The monoisotopic (exact) mass is 220 g/mol. The third-order valence-electron chi connectivity index (χ3n) is 2.04. The number of hydrogen-bond donors (Lipinski definition) is 2. The second kappa shape index (κ2) is 5.91. The molecule has 5 nitrogen and oxygen atoms in total. The van der Waals surface area contributed by atoms with E-state index >= 15 is 0 Å². The Hall–Kier alpha value is -1.83. The van der Waals surface area contributed by atoms with Crippen LogP contribution in [0.2, 0.25) is 0 Å². The summed E-state index contributed by atoms with van der Waals surface area (Å²) in [5.41, 5.74) is 0. The van der Waals surface area contributed by atoms with Crippen LogP contribution in [0.3, 0.4) is 0 Å². The maximum Gasteiger partial charge on any atom is 0.290 e. The van der Waals surface area contributed by atoms with E-state index in [0.717, 1.165) is 6.42 Å². The van der Waals surface area contributed by atoms with Crippen molar-refractivity contribution >= 4 is 5.91 Å². The number of hydrogen-bond acceptors (Lipinski definition) is 3. The predicted molar refractivity (Wildman–Crippen MR) is 60.9 cm³/mol. The molecule has 86 valence electrons. The molecule has 1 amide bonds. The lowest BCUT2D eigenvalue weighted by Gasteiger charge is -1.99. The van der Waals surface area contributed by atoms with Gasteiger partial charge in [0, 0.05) is 18.9 Å². The topological polar surface area (TPSA) is 70.7 Å². The van der Waals surface area contributed by atoms with Crippen LogP contribution < -0.4 is 5.32 Å². The largest absolute Gasteiger partial charge is 0.349 e. The molecule has 0 unspecified atom stereocenters. The van der Waals surface area contributed by atoms with Crippen molar-refractivity contribution < 1.29 is 4.79 Å². The van der Waals surface area contributed by atoms with Gasteiger partial charge in [-0.1, -0.05) is 13.8 Å².